The molecule has 1 saturated heterocycles. The molecule has 0 radical (unpaired) electrons. The van der Waals surface area contributed by atoms with E-state index in [-0.39, 0.29) is 5.97 Å². The van der Waals surface area contributed by atoms with Crippen LogP contribution in [0.25, 0.3) is 0 Å². The van der Waals surface area contributed by atoms with Crippen molar-refractivity contribution in [2.24, 2.45) is 5.41 Å². The topological polar surface area (TPSA) is 58.6 Å². The largest absolute Gasteiger partial charge is 0.465 e. The summed E-state index contributed by atoms with van der Waals surface area (Å²) >= 11 is 0. The lowest BCUT2D eigenvalue weighted by molar-refractivity contribution is -0.200. The molecule has 1 heterocycles. The van der Waals surface area contributed by atoms with E-state index in [0.717, 1.165) is 19.3 Å². The number of hydrogen-bond acceptors (Lipinski definition) is 4. The van der Waals surface area contributed by atoms with Crippen LogP contribution >= 0.6 is 0 Å². The highest BCUT2D eigenvalue weighted by Gasteiger charge is 2.62. The number of ether oxygens (including phenoxy) is 1. The van der Waals surface area contributed by atoms with Crippen molar-refractivity contribution in [3.8, 4) is 0 Å². The van der Waals surface area contributed by atoms with Gasteiger partial charge in [0.1, 0.15) is 5.41 Å². The van der Waals surface area contributed by atoms with E-state index in [1.165, 1.54) is 0 Å². The van der Waals surface area contributed by atoms with Crippen LogP contribution in [0.2, 0.25) is 0 Å². The molecule has 0 bridgehead atoms. The minimum Gasteiger partial charge on any atom is -0.465 e. The highest BCUT2D eigenvalue weighted by Crippen LogP contribution is 2.49. The van der Waals surface area contributed by atoms with E-state index in [1.54, 1.807) is 6.92 Å². The monoisotopic (exact) mass is 199 g/mol. The normalized spacial score (nSPS) is 27.3. The van der Waals surface area contributed by atoms with Crippen LogP contribution in [0.3, 0.4) is 0 Å². The fourth-order valence-corrected chi connectivity index (χ4v) is 2.30. The second kappa shape index (κ2) is 3.21. The molecule has 0 atom stereocenters. The third kappa shape index (κ3) is 1.10. The summed E-state index contributed by atoms with van der Waals surface area (Å²) in [5.41, 5.74) is -1.45. The third-order valence-corrected chi connectivity index (χ3v) is 3.59. The number of aliphatic hydroxyl groups is 1. The maximum absolute atomic E-state index is 11.8. The number of hydrogen-bond donors (Lipinski definition) is 2. The van der Waals surface area contributed by atoms with Crippen LogP contribution in [0.15, 0.2) is 0 Å². The molecule has 4 nitrogen and oxygen atoms in total. The number of nitrogens with one attached hydrogen (secondary N) is 1. The molecule has 80 valence electrons. The molecule has 1 aliphatic carbocycles. The van der Waals surface area contributed by atoms with Crippen LogP contribution in [0.1, 0.15) is 26.2 Å². The van der Waals surface area contributed by atoms with Crippen molar-refractivity contribution >= 4 is 5.97 Å². The van der Waals surface area contributed by atoms with Gasteiger partial charge in [-0.25, -0.2) is 0 Å². The lowest BCUT2D eigenvalue weighted by Crippen LogP contribution is -2.72. The predicted octanol–water partition coefficient (Wildman–Crippen LogP) is 0.0541. The van der Waals surface area contributed by atoms with Gasteiger partial charge >= 0.3 is 5.97 Å². The first kappa shape index (κ1) is 9.93. The number of carbonyl (C=O) groups is 1. The Morgan fingerprint density at radius 3 is 2.43 bits per heavy atom. The van der Waals surface area contributed by atoms with E-state index in [0.29, 0.717) is 19.7 Å². The van der Waals surface area contributed by atoms with Crippen LogP contribution < -0.4 is 5.32 Å². The van der Waals surface area contributed by atoms with Gasteiger partial charge in [0.05, 0.1) is 12.2 Å². The molecule has 2 fully saturated rings. The smallest absolute Gasteiger partial charge is 0.317 e. The molecule has 2 N–H and O–H groups in total. The summed E-state index contributed by atoms with van der Waals surface area (Å²) in [6, 6.07) is 0. The van der Waals surface area contributed by atoms with Crippen LogP contribution in [0.5, 0.6) is 0 Å². The van der Waals surface area contributed by atoms with Gasteiger partial charge in [-0.2, -0.15) is 0 Å². The first-order chi connectivity index (χ1) is 6.65. The fourth-order valence-electron chi connectivity index (χ4n) is 2.30. The van der Waals surface area contributed by atoms with Gasteiger partial charge < -0.3 is 15.2 Å². The van der Waals surface area contributed by atoms with E-state index in [2.05, 4.69) is 5.32 Å². The minimum atomic E-state index is -0.801. The van der Waals surface area contributed by atoms with Gasteiger partial charge in [-0.3, -0.25) is 4.79 Å². The van der Waals surface area contributed by atoms with Gasteiger partial charge in [-0.1, -0.05) is 0 Å². The summed E-state index contributed by atoms with van der Waals surface area (Å²) < 4.78 is 5.03. The summed E-state index contributed by atoms with van der Waals surface area (Å²) in [5.74, 6) is -0.235. The molecule has 0 aromatic heterocycles. The number of carbonyl (C=O) groups excluding carboxylic acids is 1. The Kier molecular flexibility index (Phi) is 2.27. The summed E-state index contributed by atoms with van der Waals surface area (Å²) in [7, 11) is 0. The molecule has 2 aliphatic rings. The van der Waals surface area contributed by atoms with Crippen molar-refractivity contribution in [3.63, 3.8) is 0 Å². The van der Waals surface area contributed by atoms with Crippen molar-refractivity contribution in [2.45, 2.75) is 31.8 Å². The highest BCUT2D eigenvalue weighted by atomic mass is 16.5. The molecule has 0 unspecified atom stereocenters. The minimum absolute atomic E-state index is 0.235. The Labute approximate surface area is 83.6 Å². The quantitative estimate of drug-likeness (QED) is 0.631. The Balaban J connectivity index is 2.13. The summed E-state index contributed by atoms with van der Waals surface area (Å²) in [6.45, 7) is 3.30. The lowest BCUT2D eigenvalue weighted by atomic mass is 9.58. The zero-order chi connectivity index (χ0) is 10.2. The second-order valence-corrected chi connectivity index (χ2v) is 4.29. The Morgan fingerprint density at radius 2 is 2.14 bits per heavy atom. The molecule has 0 aromatic carbocycles. The van der Waals surface area contributed by atoms with E-state index < -0.39 is 11.0 Å². The molecular formula is C10H17NO3. The SMILES string of the molecule is CCOC(=O)C1(C2(O)CCC2)CNC1. The van der Waals surface area contributed by atoms with Crippen molar-refractivity contribution in [2.75, 3.05) is 19.7 Å². The standard InChI is InChI=1S/C10H17NO3/c1-2-14-8(12)9(6-11-7-9)10(13)4-3-5-10/h11,13H,2-7H2,1H3. The van der Waals surface area contributed by atoms with Gasteiger partial charge in [-0.15, -0.1) is 0 Å². The van der Waals surface area contributed by atoms with Crippen LogP contribution in [-0.2, 0) is 9.53 Å². The highest BCUT2D eigenvalue weighted by molar-refractivity contribution is 5.80. The van der Waals surface area contributed by atoms with E-state index in [9.17, 15) is 9.90 Å². The summed E-state index contributed by atoms with van der Waals surface area (Å²) in [4.78, 5) is 11.8. The first-order valence-electron chi connectivity index (χ1n) is 5.25. The zero-order valence-electron chi connectivity index (χ0n) is 8.51. The molecule has 0 spiro atoms. The molecule has 1 saturated carbocycles. The molecule has 14 heavy (non-hydrogen) atoms. The van der Waals surface area contributed by atoms with E-state index >= 15 is 0 Å². The molecule has 0 amide bonds. The zero-order valence-corrected chi connectivity index (χ0v) is 8.51. The number of rotatable bonds is 3. The van der Waals surface area contributed by atoms with E-state index in [1.807, 2.05) is 0 Å². The maximum atomic E-state index is 11.8. The maximum Gasteiger partial charge on any atom is 0.317 e. The molecular weight excluding hydrogens is 182 g/mol. The lowest BCUT2D eigenvalue weighted by Gasteiger charge is -2.55. The predicted molar refractivity (Wildman–Crippen MR) is 50.7 cm³/mol. The van der Waals surface area contributed by atoms with Gasteiger partial charge in [0.2, 0.25) is 0 Å². The van der Waals surface area contributed by atoms with Gasteiger partial charge in [-0.05, 0) is 26.2 Å². The second-order valence-electron chi connectivity index (χ2n) is 4.29. The molecule has 4 heteroatoms. The molecule has 1 aliphatic heterocycles. The molecule has 0 aromatic rings. The number of esters is 1. The average molecular weight is 199 g/mol. The van der Waals surface area contributed by atoms with Crippen molar-refractivity contribution in [3.05, 3.63) is 0 Å². The Hall–Kier alpha value is -0.610. The third-order valence-electron chi connectivity index (χ3n) is 3.59. The van der Waals surface area contributed by atoms with Crippen molar-refractivity contribution in [1.82, 2.24) is 5.32 Å². The van der Waals surface area contributed by atoms with Crippen LogP contribution in [0, 0.1) is 5.41 Å². The van der Waals surface area contributed by atoms with Gasteiger partial charge in [0.15, 0.2) is 0 Å². The van der Waals surface area contributed by atoms with Crippen LogP contribution in [0.4, 0.5) is 0 Å². The average Bonchev–Trinajstić information content (AvgIpc) is 1.99. The van der Waals surface area contributed by atoms with Gasteiger partial charge in [0, 0.05) is 13.1 Å². The Bertz CT molecular complexity index is 244. The van der Waals surface area contributed by atoms with Gasteiger partial charge in [0.25, 0.3) is 0 Å². The van der Waals surface area contributed by atoms with Crippen LogP contribution in [-0.4, -0.2) is 36.4 Å². The first-order valence-corrected chi connectivity index (χ1v) is 5.25. The Morgan fingerprint density at radius 1 is 1.50 bits per heavy atom. The molecule has 2 rings (SSSR count). The van der Waals surface area contributed by atoms with E-state index in [4.69, 9.17) is 4.74 Å². The van der Waals surface area contributed by atoms with Crippen molar-refractivity contribution in [1.29, 1.82) is 0 Å². The fraction of sp³-hybridized carbons (Fsp3) is 0.900. The van der Waals surface area contributed by atoms with Crippen molar-refractivity contribution < 1.29 is 14.6 Å². The summed E-state index contributed by atoms with van der Waals surface area (Å²) in [6.07, 6.45) is 2.47. The summed E-state index contributed by atoms with van der Waals surface area (Å²) in [5, 5.41) is 13.3.